The molecule has 0 radical (unpaired) electrons. The number of rotatable bonds is 6. The summed E-state index contributed by atoms with van der Waals surface area (Å²) in [4.78, 5) is 0. The van der Waals surface area contributed by atoms with E-state index in [0.717, 1.165) is 22.3 Å². The Hall–Kier alpha value is -3.80. The second kappa shape index (κ2) is 12.4. The van der Waals surface area contributed by atoms with Gasteiger partial charge in [0.25, 0.3) is 0 Å². The van der Waals surface area contributed by atoms with Gasteiger partial charge in [0.1, 0.15) is 0 Å². The van der Waals surface area contributed by atoms with Gasteiger partial charge in [-0.1, -0.05) is 0 Å². The fourth-order valence-corrected chi connectivity index (χ4v) is 11.7. The van der Waals surface area contributed by atoms with Gasteiger partial charge in [0.2, 0.25) is 0 Å². The van der Waals surface area contributed by atoms with Crippen LogP contribution in [0.2, 0.25) is 0 Å². The molecule has 4 aromatic carbocycles. The normalized spacial score (nSPS) is 11.1. The Labute approximate surface area is 233 Å². The van der Waals surface area contributed by atoms with Gasteiger partial charge < -0.3 is 0 Å². The second-order valence-electron chi connectivity index (χ2n) is 9.02. The third-order valence-corrected chi connectivity index (χ3v) is 13.9. The van der Waals surface area contributed by atoms with E-state index in [2.05, 4.69) is 23.7 Å². The molecule has 5 nitrogen and oxygen atoms in total. The summed E-state index contributed by atoms with van der Waals surface area (Å²) >= 11 is -10.7. The Morgan fingerprint density at radius 2 is 0.872 bits per heavy atom. The minimum atomic E-state index is -5.35. The molecule has 0 saturated carbocycles. The van der Waals surface area contributed by atoms with Gasteiger partial charge in [-0.15, -0.1) is 0 Å². The van der Waals surface area contributed by atoms with E-state index >= 15 is 0 Å². The molecular weight excluding hydrogens is 622 g/mol. The molecule has 0 heterocycles. The number of hydrogen-bond donors (Lipinski definition) is 0. The molecule has 4 rings (SSSR count). The number of hydrogen-bond acceptors (Lipinski definition) is 5. The summed E-state index contributed by atoms with van der Waals surface area (Å²) in [5.74, 6) is 12.0. The van der Waals surface area contributed by atoms with Gasteiger partial charge in [-0.3, -0.25) is 0 Å². The molecule has 0 spiro atoms. The van der Waals surface area contributed by atoms with Crippen LogP contribution in [0.4, 0.5) is 0 Å². The fourth-order valence-electron chi connectivity index (χ4n) is 3.68. The van der Waals surface area contributed by atoms with Crippen LogP contribution in [-0.4, -0.2) is 26.1 Å². The Balaban J connectivity index is 1.51. The van der Waals surface area contributed by atoms with Crippen LogP contribution in [0.25, 0.3) is 0 Å². The van der Waals surface area contributed by atoms with Crippen LogP contribution >= 0.6 is 0 Å². The molecule has 0 N–H and O–H groups in total. The topological polar surface area (TPSA) is 77.5 Å². The van der Waals surface area contributed by atoms with E-state index in [1.54, 1.807) is 48.5 Å². The Morgan fingerprint density at radius 3 is 1.26 bits per heavy atom. The molecule has 0 unspecified atom stereocenters. The molecule has 196 valence electrons. The van der Waals surface area contributed by atoms with Crippen molar-refractivity contribution in [3.63, 3.8) is 0 Å². The SMILES string of the molecule is Cc1ccc(C#Cc2ccccc2C[Se](=O)(=O)O[Se](=O)(=O)Cc2ccccc2C#Cc2ccc(C)cc2)cc1. The summed E-state index contributed by atoms with van der Waals surface area (Å²) in [6.45, 7) is 3.96. The summed E-state index contributed by atoms with van der Waals surface area (Å²) in [7, 11) is 0. The van der Waals surface area contributed by atoms with Crippen molar-refractivity contribution in [3.05, 3.63) is 142 Å². The third kappa shape index (κ3) is 8.60. The molecule has 0 atom stereocenters. The van der Waals surface area contributed by atoms with Crippen molar-refractivity contribution in [1.82, 2.24) is 0 Å². The predicted octanol–water partition coefficient (Wildman–Crippen LogP) is 5.58. The molecular formula is C32H26O5Se2. The van der Waals surface area contributed by atoms with Crippen molar-refractivity contribution in [1.29, 1.82) is 0 Å². The first kappa shape index (κ1) is 28.2. The Morgan fingerprint density at radius 1 is 0.513 bits per heavy atom. The van der Waals surface area contributed by atoms with Crippen LogP contribution in [0.15, 0.2) is 97.1 Å². The third-order valence-electron chi connectivity index (χ3n) is 5.69. The van der Waals surface area contributed by atoms with Crippen LogP contribution in [0.3, 0.4) is 0 Å². The summed E-state index contributed by atoms with van der Waals surface area (Å²) in [6, 6.07) is 28.8. The van der Waals surface area contributed by atoms with Crippen molar-refractivity contribution in [2.45, 2.75) is 24.5 Å². The van der Waals surface area contributed by atoms with E-state index in [1.807, 2.05) is 62.4 Å². The molecule has 0 amide bonds. The Bertz CT molecular complexity index is 1680. The van der Waals surface area contributed by atoms with Crippen LogP contribution in [0.5, 0.6) is 0 Å². The van der Waals surface area contributed by atoms with Crippen LogP contribution < -0.4 is 0 Å². The van der Waals surface area contributed by atoms with E-state index in [-0.39, 0.29) is 0 Å². The molecule has 0 fully saturated rings. The second-order valence-corrected chi connectivity index (χ2v) is 16.7. The van der Waals surface area contributed by atoms with Gasteiger partial charge in [0.15, 0.2) is 0 Å². The molecule has 4 aromatic rings. The number of benzene rings is 4. The van der Waals surface area contributed by atoms with Gasteiger partial charge in [0, 0.05) is 0 Å². The first-order chi connectivity index (χ1) is 18.6. The molecule has 0 bridgehead atoms. The zero-order valence-electron chi connectivity index (χ0n) is 21.5. The van der Waals surface area contributed by atoms with Crippen molar-refractivity contribution >= 4 is 26.1 Å². The molecule has 0 aliphatic heterocycles. The van der Waals surface area contributed by atoms with E-state index in [9.17, 15) is 15.3 Å². The summed E-state index contributed by atoms with van der Waals surface area (Å²) in [6.07, 6.45) is 0. The maximum atomic E-state index is 12.9. The van der Waals surface area contributed by atoms with Crippen molar-refractivity contribution in [2.75, 3.05) is 0 Å². The first-order valence-electron chi connectivity index (χ1n) is 12.1. The zero-order chi connectivity index (χ0) is 27.9. The van der Waals surface area contributed by atoms with Crippen molar-refractivity contribution in [2.24, 2.45) is 0 Å². The predicted molar refractivity (Wildman–Crippen MR) is 150 cm³/mol. The van der Waals surface area contributed by atoms with E-state index in [4.69, 9.17) is 2.90 Å². The minimum absolute atomic E-state index is 0.388. The van der Waals surface area contributed by atoms with Crippen LogP contribution in [0, 0.1) is 37.5 Å². The van der Waals surface area contributed by atoms with Crippen molar-refractivity contribution in [3.8, 4) is 23.7 Å². The molecule has 0 aliphatic rings. The van der Waals surface area contributed by atoms with E-state index < -0.39 is 36.7 Å². The van der Waals surface area contributed by atoms with Gasteiger partial charge in [-0.25, -0.2) is 0 Å². The van der Waals surface area contributed by atoms with Crippen molar-refractivity contribution < 1.29 is 18.2 Å². The van der Waals surface area contributed by atoms with Crippen LogP contribution in [-0.2, 0) is 28.9 Å². The maximum absolute atomic E-state index is 12.9. The molecule has 39 heavy (non-hydrogen) atoms. The first-order valence-corrected chi connectivity index (χ1v) is 18.7. The molecule has 7 heteroatoms. The van der Waals surface area contributed by atoms with Gasteiger partial charge in [-0.2, -0.15) is 0 Å². The van der Waals surface area contributed by atoms with E-state index in [1.165, 1.54) is 0 Å². The average molecular weight is 648 g/mol. The fraction of sp³-hybridized carbons (Fsp3) is 0.125. The standard InChI is InChI=1S/C32H26O5Se2/c1-25-11-15-27(16-12-25)19-21-29-7-3-5-9-31(29)23-38(33,34)37-39(35,36)24-32-10-6-4-8-30(32)22-20-28-17-13-26(2)14-18-28/h3-18H,23-24H2,1-2H3. The molecule has 0 saturated heterocycles. The summed E-state index contributed by atoms with van der Waals surface area (Å²) < 4.78 is 56.5. The van der Waals surface area contributed by atoms with Crippen LogP contribution in [0.1, 0.15) is 44.5 Å². The van der Waals surface area contributed by atoms with Gasteiger partial charge in [-0.05, 0) is 0 Å². The monoisotopic (exact) mass is 650 g/mol. The number of aryl methyl sites for hydroxylation is 2. The summed E-state index contributed by atoms with van der Waals surface area (Å²) in [5, 5.41) is -1.10. The zero-order valence-corrected chi connectivity index (χ0v) is 24.9. The Kier molecular flexibility index (Phi) is 8.95. The molecule has 0 aromatic heterocycles. The average Bonchev–Trinajstić information content (AvgIpc) is 2.88. The quantitative estimate of drug-likeness (QED) is 0.202. The molecule has 0 aliphatic carbocycles. The van der Waals surface area contributed by atoms with Gasteiger partial charge >= 0.3 is 234 Å². The van der Waals surface area contributed by atoms with Gasteiger partial charge in [0.05, 0.1) is 0 Å². The summed E-state index contributed by atoms with van der Waals surface area (Å²) in [5.41, 5.74) is 5.57. The van der Waals surface area contributed by atoms with E-state index in [0.29, 0.717) is 22.3 Å².